The van der Waals surface area contributed by atoms with Gasteiger partial charge in [-0.15, -0.1) is 0 Å². The van der Waals surface area contributed by atoms with E-state index in [0.29, 0.717) is 19.1 Å². The van der Waals surface area contributed by atoms with Crippen molar-refractivity contribution in [2.75, 3.05) is 32.1 Å². The first-order chi connectivity index (χ1) is 9.53. The van der Waals surface area contributed by atoms with Gasteiger partial charge in [0.25, 0.3) is 0 Å². The average molecular weight is 302 g/mol. The van der Waals surface area contributed by atoms with Crippen LogP contribution in [0.15, 0.2) is 0 Å². The Hall–Kier alpha value is -0.170. The van der Waals surface area contributed by atoms with Crippen molar-refractivity contribution in [2.45, 2.75) is 44.7 Å². The smallest absolute Gasteiger partial charge is 0.212 e. The molecule has 3 rings (SSSR count). The average Bonchev–Trinajstić information content (AvgIpc) is 3.16. The van der Waals surface area contributed by atoms with Crippen LogP contribution in [0.25, 0.3) is 0 Å². The van der Waals surface area contributed by atoms with Gasteiger partial charge >= 0.3 is 0 Å². The number of sulfonamides is 1. The molecule has 0 spiro atoms. The second-order valence-corrected chi connectivity index (χ2v) is 8.52. The van der Waals surface area contributed by atoms with Crippen molar-refractivity contribution < 1.29 is 13.2 Å². The molecule has 20 heavy (non-hydrogen) atoms. The van der Waals surface area contributed by atoms with E-state index < -0.39 is 10.0 Å². The third-order valence-corrected chi connectivity index (χ3v) is 6.40. The molecule has 0 aromatic carbocycles. The second-order valence-electron chi connectivity index (χ2n) is 6.72. The summed E-state index contributed by atoms with van der Waals surface area (Å²) in [5.41, 5.74) is 0. The van der Waals surface area contributed by atoms with Crippen LogP contribution >= 0.6 is 0 Å². The molecular formula is C14H26N2O3S. The molecular weight excluding hydrogens is 276 g/mol. The maximum atomic E-state index is 12.3. The third kappa shape index (κ3) is 3.72. The van der Waals surface area contributed by atoms with Gasteiger partial charge in [0.2, 0.25) is 10.0 Å². The summed E-state index contributed by atoms with van der Waals surface area (Å²) in [6.07, 6.45) is 4.31. The van der Waals surface area contributed by atoms with E-state index in [1.165, 1.54) is 12.8 Å². The second kappa shape index (κ2) is 5.91. The summed E-state index contributed by atoms with van der Waals surface area (Å²) in [7, 11) is -3.16. The van der Waals surface area contributed by atoms with Crippen molar-refractivity contribution in [3.63, 3.8) is 0 Å². The zero-order valence-corrected chi connectivity index (χ0v) is 13.1. The van der Waals surface area contributed by atoms with Crippen molar-refractivity contribution in [3.8, 4) is 0 Å². The fourth-order valence-electron chi connectivity index (χ4n) is 3.40. The number of nitrogens with zero attached hydrogens (tertiary/aromatic N) is 1. The van der Waals surface area contributed by atoms with Gasteiger partial charge in [-0.3, -0.25) is 4.90 Å². The Balaban J connectivity index is 1.52. The maximum Gasteiger partial charge on any atom is 0.212 e. The number of ether oxygens (including phenoxy) is 1. The van der Waals surface area contributed by atoms with Gasteiger partial charge in [0.15, 0.2) is 0 Å². The van der Waals surface area contributed by atoms with Gasteiger partial charge in [0.1, 0.15) is 0 Å². The van der Waals surface area contributed by atoms with Gasteiger partial charge in [0, 0.05) is 38.4 Å². The number of likely N-dealkylation sites (tertiary alicyclic amines) is 1. The molecule has 0 aromatic heterocycles. The Labute approximate surface area is 122 Å². The minimum atomic E-state index is -3.16. The Kier molecular flexibility index (Phi) is 4.36. The van der Waals surface area contributed by atoms with Gasteiger partial charge in [0.05, 0.1) is 5.75 Å². The first-order valence-corrected chi connectivity index (χ1v) is 9.50. The van der Waals surface area contributed by atoms with E-state index in [1.54, 1.807) is 0 Å². The molecule has 2 unspecified atom stereocenters. The largest absolute Gasteiger partial charge is 0.381 e. The van der Waals surface area contributed by atoms with Crippen LogP contribution in [-0.2, 0) is 14.8 Å². The van der Waals surface area contributed by atoms with Gasteiger partial charge in [-0.2, -0.15) is 0 Å². The van der Waals surface area contributed by atoms with Crippen LogP contribution in [0.1, 0.15) is 32.6 Å². The Morgan fingerprint density at radius 2 is 1.85 bits per heavy atom. The molecule has 3 aliphatic rings. The van der Waals surface area contributed by atoms with Gasteiger partial charge < -0.3 is 4.74 Å². The molecule has 0 bridgehead atoms. The van der Waals surface area contributed by atoms with E-state index in [9.17, 15) is 8.42 Å². The third-order valence-electron chi connectivity index (χ3n) is 4.83. The Morgan fingerprint density at radius 3 is 2.50 bits per heavy atom. The van der Waals surface area contributed by atoms with Gasteiger partial charge in [-0.25, -0.2) is 13.1 Å². The fourth-order valence-corrected chi connectivity index (χ4v) is 5.22. The SMILES string of the molecule is CC1CN(C2CC2)CC1NS(=O)(=O)CC1CCOCC1. The minimum Gasteiger partial charge on any atom is -0.381 e. The Bertz CT molecular complexity index is 430. The summed E-state index contributed by atoms with van der Waals surface area (Å²) in [6.45, 7) is 5.49. The van der Waals surface area contributed by atoms with E-state index in [4.69, 9.17) is 4.74 Å². The van der Waals surface area contributed by atoms with Crippen LogP contribution in [-0.4, -0.2) is 57.5 Å². The summed E-state index contributed by atoms with van der Waals surface area (Å²) in [5.74, 6) is 0.945. The maximum absolute atomic E-state index is 12.3. The molecule has 5 nitrogen and oxygen atoms in total. The van der Waals surface area contributed by atoms with Crippen LogP contribution in [0.3, 0.4) is 0 Å². The summed E-state index contributed by atoms with van der Waals surface area (Å²) in [5, 5.41) is 0. The lowest BCUT2D eigenvalue weighted by Crippen LogP contribution is -2.42. The molecule has 2 saturated heterocycles. The molecule has 1 N–H and O–H groups in total. The summed E-state index contributed by atoms with van der Waals surface area (Å²) in [4.78, 5) is 2.45. The predicted octanol–water partition coefficient (Wildman–Crippen LogP) is 0.815. The van der Waals surface area contributed by atoms with Crippen molar-refractivity contribution in [1.29, 1.82) is 0 Å². The first-order valence-electron chi connectivity index (χ1n) is 7.85. The van der Waals surface area contributed by atoms with Gasteiger partial charge in [-0.1, -0.05) is 6.92 Å². The molecule has 3 fully saturated rings. The molecule has 2 atom stereocenters. The molecule has 1 aliphatic carbocycles. The zero-order valence-electron chi connectivity index (χ0n) is 12.3. The van der Waals surface area contributed by atoms with E-state index in [1.807, 2.05) is 0 Å². The molecule has 6 heteroatoms. The molecule has 116 valence electrons. The monoisotopic (exact) mass is 302 g/mol. The standard InChI is InChI=1S/C14H26N2O3S/c1-11-8-16(13-2-3-13)9-14(11)15-20(17,18)10-12-4-6-19-7-5-12/h11-15H,2-10H2,1H3. The summed E-state index contributed by atoms with van der Waals surface area (Å²) < 4.78 is 32.9. The molecule has 0 aromatic rings. The number of rotatable bonds is 5. The summed E-state index contributed by atoms with van der Waals surface area (Å²) in [6, 6.07) is 0.822. The highest BCUT2D eigenvalue weighted by Crippen LogP contribution is 2.32. The van der Waals surface area contributed by atoms with Crippen LogP contribution in [0.2, 0.25) is 0 Å². The molecule has 1 saturated carbocycles. The molecule has 2 heterocycles. The summed E-state index contributed by atoms with van der Waals surface area (Å²) >= 11 is 0. The van der Waals surface area contributed by atoms with Gasteiger partial charge in [-0.05, 0) is 37.5 Å². The highest BCUT2D eigenvalue weighted by Gasteiger charge is 2.39. The molecule has 0 amide bonds. The normalized spacial score (nSPS) is 33.6. The number of hydrogen-bond acceptors (Lipinski definition) is 4. The highest BCUT2D eigenvalue weighted by molar-refractivity contribution is 7.89. The van der Waals surface area contributed by atoms with Crippen molar-refractivity contribution in [3.05, 3.63) is 0 Å². The van der Waals surface area contributed by atoms with Crippen LogP contribution in [0, 0.1) is 11.8 Å². The van der Waals surface area contributed by atoms with Crippen LogP contribution < -0.4 is 4.72 Å². The fraction of sp³-hybridized carbons (Fsp3) is 1.00. The van der Waals surface area contributed by atoms with Crippen molar-refractivity contribution in [1.82, 2.24) is 9.62 Å². The van der Waals surface area contributed by atoms with Crippen LogP contribution in [0.4, 0.5) is 0 Å². The quantitative estimate of drug-likeness (QED) is 0.817. The lowest BCUT2D eigenvalue weighted by Gasteiger charge is -2.23. The van der Waals surface area contributed by atoms with E-state index >= 15 is 0 Å². The first kappa shape index (κ1) is 14.8. The topological polar surface area (TPSA) is 58.6 Å². The number of hydrogen-bond donors (Lipinski definition) is 1. The van der Waals surface area contributed by atoms with Crippen molar-refractivity contribution in [2.24, 2.45) is 11.8 Å². The molecule has 2 aliphatic heterocycles. The zero-order chi connectivity index (χ0) is 14.2. The minimum absolute atomic E-state index is 0.0976. The van der Waals surface area contributed by atoms with E-state index in [2.05, 4.69) is 16.5 Å². The van der Waals surface area contributed by atoms with E-state index in [-0.39, 0.29) is 17.7 Å². The Morgan fingerprint density at radius 1 is 1.15 bits per heavy atom. The lowest BCUT2D eigenvalue weighted by molar-refractivity contribution is 0.0722. The number of nitrogens with one attached hydrogen (secondary N) is 1. The lowest BCUT2D eigenvalue weighted by atomic mass is 10.0. The van der Waals surface area contributed by atoms with Crippen molar-refractivity contribution >= 4 is 10.0 Å². The van der Waals surface area contributed by atoms with Crippen LogP contribution in [0.5, 0.6) is 0 Å². The highest BCUT2D eigenvalue weighted by atomic mass is 32.2. The molecule has 0 radical (unpaired) electrons. The predicted molar refractivity (Wildman–Crippen MR) is 78.0 cm³/mol. The van der Waals surface area contributed by atoms with E-state index in [0.717, 1.165) is 32.0 Å².